The van der Waals surface area contributed by atoms with Gasteiger partial charge >= 0.3 is 0 Å². The number of benzene rings is 6. The summed E-state index contributed by atoms with van der Waals surface area (Å²) in [5.74, 6) is 0. The Hall–Kier alpha value is -5.59. The van der Waals surface area contributed by atoms with E-state index < -0.39 is 0 Å². The molecule has 0 aliphatic carbocycles. The first kappa shape index (κ1) is 23.3. The number of fused-ring (bicyclic) bond motifs is 6. The smallest absolute Gasteiger partial charge is 0.0992 e. The Bertz CT molecular complexity index is 2290. The van der Waals surface area contributed by atoms with Crippen molar-refractivity contribution in [2.24, 2.45) is 0 Å². The molecule has 3 nitrogen and oxygen atoms in total. The highest BCUT2D eigenvalue weighted by molar-refractivity contribution is 6.10. The molecular weight excluding hydrogens is 498 g/mol. The van der Waals surface area contributed by atoms with Crippen molar-refractivity contribution in [3.8, 4) is 28.6 Å². The number of para-hydroxylation sites is 4. The molecule has 41 heavy (non-hydrogen) atoms. The molecule has 0 fully saturated rings. The highest BCUT2D eigenvalue weighted by atomic mass is 15.0. The zero-order valence-corrected chi connectivity index (χ0v) is 22.5. The van der Waals surface area contributed by atoms with Gasteiger partial charge in [-0.1, -0.05) is 84.4 Å². The number of aryl methyl sites for hydroxylation is 1. The maximum atomic E-state index is 10.2. The molecule has 0 atom stereocenters. The van der Waals surface area contributed by atoms with Crippen LogP contribution in [0.15, 0.2) is 133 Å². The minimum atomic E-state index is 0.632. The first-order valence-corrected chi connectivity index (χ1v) is 13.8. The molecule has 3 heteroatoms. The van der Waals surface area contributed by atoms with Gasteiger partial charge in [-0.05, 0) is 67.1 Å². The van der Waals surface area contributed by atoms with Crippen molar-refractivity contribution < 1.29 is 0 Å². The van der Waals surface area contributed by atoms with Gasteiger partial charge in [-0.3, -0.25) is 0 Å². The lowest BCUT2D eigenvalue weighted by Gasteiger charge is -2.16. The lowest BCUT2D eigenvalue weighted by atomic mass is 10.00. The summed E-state index contributed by atoms with van der Waals surface area (Å²) in [5.41, 5.74) is 10.6. The topological polar surface area (TPSA) is 33.6 Å². The third-order valence-corrected chi connectivity index (χ3v) is 8.17. The molecule has 0 saturated heterocycles. The molecule has 2 aromatic heterocycles. The molecule has 6 aromatic carbocycles. The number of nitriles is 1. The van der Waals surface area contributed by atoms with Crippen molar-refractivity contribution in [3.05, 3.63) is 145 Å². The number of aromatic nitrogens is 2. The SMILES string of the molecule is Cc1ccc2c(c1)c1ccccc1n2-c1cc(C#N)cc(-c2ccccc2-n2c3ccccc3c3ccccc32)c1. The van der Waals surface area contributed by atoms with Crippen LogP contribution in [0.1, 0.15) is 11.1 Å². The first-order valence-electron chi connectivity index (χ1n) is 13.8. The van der Waals surface area contributed by atoms with Crippen molar-refractivity contribution in [2.75, 3.05) is 0 Å². The second-order valence-corrected chi connectivity index (χ2v) is 10.6. The molecule has 0 spiro atoms. The van der Waals surface area contributed by atoms with E-state index in [4.69, 9.17) is 0 Å². The van der Waals surface area contributed by atoms with Gasteiger partial charge in [0, 0.05) is 32.8 Å². The third-order valence-electron chi connectivity index (χ3n) is 8.17. The van der Waals surface area contributed by atoms with Crippen LogP contribution in [0.3, 0.4) is 0 Å². The molecule has 0 aliphatic rings. The molecule has 8 rings (SSSR count). The summed E-state index contributed by atoms with van der Waals surface area (Å²) < 4.78 is 4.64. The van der Waals surface area contributed by atoms with Crippen molar-refractivity contribution in [3.63, 3.8) is 0 Å². The van der Waals surface area contributed by atoms with Crippen LogP contribution < -0.4 is 0 Å². The number of rotatable bonds is 3. The minimum absolute atomic E-state index is 0.632. The molecule has 0 N–H and O–H groups in total. The normalized spacial score (nSPS) is 11.5. The molecule has 0 aliphatic heterocycles. The summed E-state index contributed by atoms with van der Waals surface area (Å²) in [6.07, 6.45) is 0. The van der Waals surface area contributed by atoms with E-state index in [1.807, 2.05) is 12.1 Å². The Kier molecular flexibility index (Phi) is 5.10. The number of hydrogen-bond donors (Lipinski definition) is 0. The Balaban J connectivity index is 1.43. The number of nitrogens with zero attached hydrogens (tertiary/aromatic N) is 3. The van der Waals surface area contributed by atoms with Gasteiger partial charge in [0.2, 0.25) is 0 Å². The van der Waals surface area contributed by atoms with Crippen molar-refractivity contribution >= 4 is 43.6 Å². The third kappa shape index (κ3) is 3.51. The molecule has 0 bridgehead atoms. The molecule has 0 amide bonds. The second kappa shape index (κ2) is 8.98. The van der Waals surface area contributed by atoms with E-state index in [2.05, 4.69) is 143 Å². The zero-order valence-electron chi connectivity index (χ0n) is 22.5. The largest absolute Gasteiger partial charge is 0.309 e. The fourth-order valence-electron chi connectivity index (χ4n) is 6.42. The molecular formula is C38H25N3. The Morgan fingerprint density at radius 3 is 1.76 bits per heavy atom. The highest BCUT2D eigenvalue weighted by Gasteiger charge is 2.17. The van der Waals surface area contributed by atoms with Crippen molar-refractivity contribution in [1.82, 2.24) is 9.13 Å². The van der Waals surface area contributed by atoms with Crippen LogP contribution in [0.4, 0.5) is 0 Å². The van der Waals surface area contributed by atoms with Gasteiger partial charge in [0.05, 0.1) is 39.4 Å². The highest BCUT2D eigenvalue weighted by Crippen LogP contribution is 2.38. The van der Waals surface area contributed by atoms with Crippen LogP contribution in [0, 0.1) is 18.3 Å². The van der Waals surface area contributed by atoms with Crippen LogP contribution in [-0.2, 0) is 0 Å². The van der Waals surface area contributed by atoms with Crippen molar-refractivity contribution in [2.45, 2.75) is 6.92 Å². The molecule has 0 radical (unpaired) electrons. The predicted molar refractivity (Wildman–Crippen MR) is 170 cm³/mol. The van der Waals surface area contributed by atoms with E-state index in [1.165, 1.54) is 27.1 Å². The van der Waals surface area contributed by atoms with Crippen LogP contribution in [0.25, 0.3) is 66.1 Å². The van der Waals surface area contributed by atoms with E-state index >= 15 is 0 Å². The predicted octanol–water partition coefficient (Wildman–Crippen LogP) is 9.73. The van der Waals surface area contributed by atoms with Crippen LogP contribution >= 0.6 is 0 Å². The lowest BCUT2D eigenvalue weighted by Crippen LogP contribution is -1.99. The summed E-state index contributed by atoms with van der Waals surface area (Å²) in [7, 11) is 0. The molecule has 0 unspecified atom stereocenters. The van der Waals surface area contributed by atoms with Gasteiger partial charge in [0.1, 0.15) is 0 Å². The average Bonchev–Trinajstić information content (AvgIpc) is 3.53. The fraction of sp³-hybridized carbons (Fsp3) is 0.0263. The van der Waals surface area contributed by atoms with E-state index in [0.717, 1.165) is 44.6 Å². The summed E-state index contributed by atoms with van der Waals surface area (Å²) in [4.78, 5) is 0. The van der Waals surface area contributed by atoms with Crippen molar-refractivity contribution in [1.29, 1.82) is 5.26 Å². The van der Waals surface area contributed by atoms with Gasteiger partial charge in [-0.25, -0.2) is 0 Å². The minimum Gasteiger partial charge on any atom is -0.309 e. The van der Waals surface area contributed by atoms with Gasteiger partial charge in [0.15, 0.2) is 0 Å². The second-order valence-electron chi connectivity index (χ2n) is 10.6. The fourth-order valence-corrected chi connectivity index (χ4v) is 6.42. The summed E-state index contributed by atoms with van der Waals surface area (Å²) in [6.45, 7) is 2.13. The first-order chi connectivity index (χ1) is 20.2. The van der Waals surface area contributed by atoms with Gasteiger partial charge in [-0.15, -0.1) is 0 Å². The Labute approximate surface area is 237 Å². The number of hydrogen-bond acceptors (Lipinski definition) is 1. The molecule has 0 saturated carbocycles. The van der Waals surface area contributed by atoms with E-state index in [9.17, 15) is 5.26 Å². The van der Waals surface area contributed by atoms with E-state index in [1.54, 1.807) is 0 Å². The average molecular weight is 524 g/mol. The Morgan fingerprint density at radius 2 is 1.07 bits per heavy atom. The quantitative estimate of drug-likeness (QED) is 0.227. The Morgan fingerprint density at radius 1 is 0.512 bits per heavy atom. The molecule has 192 valence electrons. The van der Waals surface area contributed by atoms with Gasteiger partial charge < -0.3 is 9.13 Å². The summed E-state index contributed by atoms with van der Waals surface area (Å²) in [5, 5.41) is 15.0. The van der Waals surface area contributed by atoms with Gasteiger partial charge in [0.25, 0.3) is 0 Å². The zero-order chi connectivity index (χ0) is 27.5. The monoisotopic (exact) mass is 523 g/mol. The van der Waals surface area contributed by atoms with Crippen LogP contribution in [0.5, 0.6) is 0 Å². The maximum Gasteiger partial charge on any atom is 0.0992 e. The van der Waals surface area contributed by atoms with E-state index in [0.29, 0.717) is 5.56 Å². The van der Waals surface area contributed by atoms with E-state index in [-0.39, 0.29) is 0 Å². The van der Waals surface area contributed by atoms with Gasteiger partial charge in [-0.2, -0.15) is 5.26 Å². The van der Waals surface area contributed by atoms with Crippen LogP contribution in [0.2, 0.25) is 0 Å². The maximum absolute atomic E-state index is 10.2. The standard InChI is InChI=1S/C38H25N3/c1-25-18-19-38-33(20-25)32-13-5-7-15-35(32)40(38)28-22-26(24-39)21-27(23-28)29-10-2-6-14-34(29)41-36-16-8-3-11-30(36)31-12-4-9-17-37(31)41/h2-23H,1H3. The molecule has 2 heterocycles. The summed E-state index contributed by atoms with van der Waals surface area (Å²) >= 11 is 0. The van der Waals surface area contributed by atoms with Crippen LogP contribution in [-0.4, -0.2) is 9.13 Å². The lowest BCUT2D eigenvalue weighted by molar-refractivity contribution is 1.17. The molecule has 8 aromatic rings. The summed E-state index contributed by atoms with van der Waals surface area (Å²) in [6, 6.07) is 49.4.